The van der Waals surface area contributed by atoms with Gasteiger partial charge in [-0.25, -0.2) is 4.79 Å². The van der Waals surface area contributed by atoms with Crippen molar-refractivity contribution in [3.05, 3.63) is 54.1 Å². The van der Waals surface area contributed by atoms with Crippen LogP contribution in [0.25, 0.3) is 6.08 Å². The smallest absolute Gasteiger partial charge is 0.331 e. The molecule has 1 atom stereocenters. The highest BCUT2D eigenvalue weighted by Crippen LogP contribution is 2.02. The van der Waals surface area contributed by atoms with Crippen molar-refractivity contribution >= 4 is 18.0 Å². The zero-order valence-corrected chi connectivity index (χ0v) is 11.8. The molecule has 0 aromatic heterocycles. The lowest BCUT2D eigenvalue weighted by Crippen LogP contribution is -2.33. The first-order valence-electron chi connectivity index (χ1n) is 6.36. The van der Waals surface area contributed by atoms with E-state index in [0.717, 1.165) is 5.56 Å². The zero-order valence-electron chi connectivity index (χ0n) is 11.8. The number of ether oxygens (including phenoxy) is 1. The van der Waals surface area contributed by atoms with Crippen LogP contribution in [0.1, 0.15) is 19.4 Å². The third-order valence-corrected chi connectivity index (χ3v) is 2.47. The largest absolute Gasteiger partial charge is 0.458 e. The predicted molar refractivity (Wildman–Crippen MR) is 78.9 cm³/mol. The summed E-state index contributed by atoms with van der Waals surface area (Å²) < 4.78 is 5.13. The molecule has 1 N–H and O–H groups in total. The molecular weight excluding hydrogens is 254 g/mol. The van der Waals surface area contributed by atoms with Crippen molar-refractivity contribution in [1.29, 1.82) is 0 Å². The summed E-state index contributed by atoms with van der Waals surface area (Å²) in [7, 11) is 0. The van der Waals surface area contributed by atoms with E-state index in [2.05, 4.69) is 11.9 Å². The van der Waals surface area contributed by atoms with Crippen LogP contribution >= 0.6 is 0 Å². The number of esters is 1. The molecule has 1 aromatic rings. The third-order valence-electron chi connectivity index (χ3n) is 2.47. The summed E-state index contributed by atoms with van der Waals surface area (Å²) >= 11 is 0. The van der Waals surface area contributed by atoms with E-state index < -0.39 is 12.1 Å². The van der Waals surface area contributed by atoms with Gasteiger partial charge in [0.15, 0.2) is 0 Å². The van der Waals surface area contributed by atoms with Gasteiger partial charge in [-0.2, -0.15) is 0 Å². The second-order valence-corrected chi connectivity index (χ2v) is 4.48. The number of hydrogen-bond donors (Lipinski definition) is 1. The Morgan fingerprint density at radius 3 is 2.60 bits per heavy atom. The average Bonchev–Trinajstić information content (AvgIpc) is 2.43. The molecule has 1 rings (SSSR count). The summed E-state index contributed by atoms with van der Waals surface area (Å²) in [6.45, 7) is 7.12. The number of carbonyl (C=O) groups excluding carboxylic acids is 2. The lowest BCUT2D eigenvalue weighted by molar-refractivity contribution is -0.142. The first kappa shape index (κ1) is 15.7. The summed E-state index contributed by atoms with van der Waals surface area (Å²) in [6, 6.07) is 9.46. The molecule has 0 fully saturated rings. The van der Waals surface area contributed by atoms with Gasteiger partial charge in [0.25, 0.3) is 0 Å². The van der Waals surface area contributed by atoms with Gasteiger partial charge in [0, 0.05) is 11.6 Å². The zero-order chi connectivity index (χ0) is 15.0. The molecule has 0 aliphatic rings. The van der Waals surface area contributed by atoms with Crippen molar-refractivity contribution < 1.29 is 14.3 Å². The number of carbonyl (C=O) groups is 2. The molecule has 4 nitrogen and oxygen atoms in total. The highest BCUT2D eigenvalue weighted by Gasteiger charge is 2.09. The van der Waals surface area contributed by atoms with Crippen LogP contribution in [-0.4, -0.2) is 24.5 Å². The summed E-state index contributed by atoms with van der Waals surface area (Å²) in [5.74, 6) is -0.682. The van der Waals surface area contributed by atoms with Crippen LogP contribution in [0.2, 0.25) is 0 Å². The fourth-order valence-electron chi connectivity index (χ4n) is 1.39. The summed E-state index contributed by atoms with van der Waals surface area (Å²) in [4.78, 5) is 22.8. The Balaban J connectivity index is 2.37. The van der Waals surface area contributed by atoms with Crippen molar-refractivity contribution in [1.82, 2.24) is 5.32 Å². The number of amides is 1. The second-order valence-electron chi connectivity index (χ2n) is 4.48. The van der Waals surface area contributed by atoms with E-state index in [1.807, 2.05) is 30.3 Å². The highest BCUT2D eigenvalue weighted by atomic mass is 16.5. The topological polar surface area (TPSA) is 55.4 Å². The first-order valence-corrected chi connectivity index (χ1v) is 6.36. The van der Waals surface area contributed by atoms with Gasteiger partial charge in [0.2, 0.25) is 5.91 Å². The van der Waals surface area contributed by atoms with Gasteiger partial charge in [-0.15, -0.1) is 0 Å². The SMILES string of the molecule is C=C(C)C(=O)NCC(C)OC(=O)/C=C/c1ccccc1. The molecule has 0 saturated carbocycles. The molecule has 1 amide bonds. The fraction of sp³-hybridized carbons (Fsp3) is 0.250. The summed E-state index contributed by atoms with van der Waals surface area (Å²) in [5, 5.41) is 2.62. The van der Waals surface area contributed by atoms with Gasteiger partial charge in [0.05, 0.1) is 6.54 Å². The quantitative estimate of drug-likeness (QED) is 0.639. The van der Waals surface area contributed by atoms with E-state index in [1.54, 1.807) is 19.9 Å². The maximum Gasteiger partial charge on any atom is 0.331 e. The van der Waals surface area contributed by atoms with E-state index in [4.69, 9.17) is 4.74 Å². The molecule has 1 unspecified atom stereocenters. The highest BCUT2D eigenvalue weighted by molar-refractivity contribution is 5.92. The van der Waals surface area contributed by atoms with Crippen LogP contribution < -0.4 is 5.32 Å². The lowest BCUT2D eigenvalue weighted by atomic mass is 10.2. The van der Waals surface area contributed by atoms with Crippen molar-refractivity contribution in [2.75, 3.05) is 6.54 Å². The number of hydrogen-bond acceptors (Lipinski definition) is 3. The van der Waals surface area contributed by atoms with Crippen LogP contribution in [0.4, 0.5) is 0 Å². The molecule has 0 heterocycles. The van der Waals surface area contributed by atoms with Gasteiger partial charge >= 0.3 is 5.97 Å². The Bertz CT molecular complexity index is 506. The maximum absolute atomic E-state index is 11.6. The maximum atomic E-state index is 11.6. The Hall–Kier alpha value is -2.36. The van der Waals surface area contributed by atoms with Gasteiger partial charge in [0.1, 0.15) is 6.10 Å². The van der Waals surface area contributed by atoms with E-state index in [9.17, 15) is 9.59 Å². The van der Waals surface area contributed by atoms with Gasteiger partial charge in [-0.3, -0.25) is 4.79 Å². The van der Waals surface area contributed by atoms with Crippen molar-refractivity contribution in [2.24, 2.45) is 0 Å². The minimum atomic E-state index is -0.439. The van der Waals surface area contributed by atoms with E-state index in [0.29, 0.717) is 5.57 Å². The van der Waals surface area contributed by atoms with Gasteiger partial charge in [-0.1, -0.05) is 36.9 Å². The van der Waals surface area contributed by atoms with Crippen LogP contribution in [0.3, 0.4) is 0 Å². The molecule has 0 aliphatic carbocycles. The Morgan fingerprint density at radius 1 is 1.35 bits per heavy atom. The lowest BCUT2D eigenvalue weighted by Gasteiger charge is -2.12. The van der Waals surface area contributed by atoms with Crippen LogP contribution in [0.5, 0.6) is 0 Å². The van der Waals surface area contributed by atoms with E-state index in [1.165, 1.54) is 6.08 Å². The van der Waals surface area contributed by atoms with Crippen LogP contribution in [0, 0.1) is 0 Å². The number of benzene rings is 1. The first-order chi connectivity index (χ1) is 9.49. The fourth-order valence-corrected chi connectivity index (χ4v) is 1.39. The third kappa shape index (κ3) is 6.00. The van der Waals surface area contributed by atoms with Crippen molar-refractivity contribution in [3.8, 4) is 0 Å². The minimum absolute atomic E-state index is 0.243. The van der Waals surface area contributed by atoms with E-state index in [-0.39, 0.29) is 12.5 Å². The van der Waals surface area contributed by atoms with Crippen molar-refractivity contribution in [3.63, 3.8) is 0 Å². The van der Waals surface area contributed by atoms with Gasteiger partial charge < -0.3 is 10.1 Å². The minimum Gasteiger partial charge on any atom is -0.458 e. The molecule has 4 heteroatoms. The second kappa shape index (κ2) is 7.94. The Labute approximate surface area is 119 Å². The molecule has 20 heavy (non-hydrogen) atoms. The molecule has 0 radical (unpaired) electrons. The van der Waals surface area contributed by atoms with Crippen LogP contribution in [-0.2, 0) is 14.3 Å². The number of rotatable bonds is 6. The molecule has 106 valence electrons. The standard InChI is InChI=1S/C16H19NO3/c1-12(2)16(19)17-11-13(3)20-15(18)10-9-14-7-5-4-6-8-14/h4-10,13H,1,11H2,2-3H3,(H,17,19)/b10-9+. The number of nitrogens with one attached hydrogen (secondary N) is 1. The molecular formula is C16H19NO3. The summed E-state index contributed by atoms with van der Waals surface area (Å²) in [6.07, 6.45) is 2.65. The normalized spacial score (nSPS) is 11.9. The van der Waals surface area contributed by atoms with Crippen molar-refractivity contribution in [2.45, 2.75) is 20.0 Å². The average molecular weight is 273 g/mol. The molecule has 0 spiro atoms. The molecule has 0 saturated heterocycles. The predicted octanol–water partition coefficient (Wildman–Crippen LogP) is 2.32. The van der Waals surface area contributed by atoms with Gasteiger partial charge in [-0.05, 0) is 25.5 Å². The summed E-state index contributed by atoms with van der Waals surface area (Å²) in [5.41, 5.74) is 1.35. The Morgan fingerprint density at radius 2 is 2.00 bits per heavy atom. The molecule has 0 aliphatic heterocycles. The Kier molecular flexibility index (Phi) is 6.23. The monoisotopic (exact) mass is 273 g/mol. The van der Waals surface area contributed by atoms with Crippen LogP contribution in [0.15, 0.2) is 48.6 Å². The van der Waals surface area contributed by atoms with E-state index >= 15 is 0 Å². The molecule has 1 aromatic carbocycles. The molecule has 0 bridgehead atoms.